The van der Waals surface area contributed by atoms with Crippen molar-refractivity contribution in [2.24, 2.45) is 0 Å². The van der Waals surface area contributed by atoms with Gasteiger partial charge in [0.2, 0.25) is 0 Å². The highest BCUT2D eigenvalue weighted by Crippen LogP contribution is 2.23. The summed E-state index contributed by atoms with van der Waals surface area (Å²) >= 11 is 1.22. The molecule has 0 bridgehead atoms. The summed E-state index contributed by atoms with van der Waals surface area (Å²) in [5, 5.41) is 2.91. The van der Waals surface area contributed by atoms with Crippen molar-refractivity contribution in [3.05, 3.63) is 42.5 Å². The lowest BCUT2D eigenvalue weighted by atomic mass is 10.1. The molecule has 16 heavy (non-hydrogen) atoms. The first-order chi connectivity index (χ1) is 7.83. The zero-order valence-corrected chi connectivity index (χ0v) is 9.24. The van der Waals surface area contributed by atoms with Gasteiger partial charge in [0.25, 0.3) is 0 Å². The second-order valence-electron chi connectivity index (χ2n) is 3.52. The molecule has 3 nitrogen and oxygen atoms in total. The van der Waals surface area contributed by atoms with Crippen molar-refractivity contribution in [2.45, 2.75) is 0 Å². The van der Waals surface area contributed by atoms with Gasteiger partial charge in [-0.1, -0.05) is 36.4 Å². The standard InChI is InChI=1S/C12H9N3S/c13-12-14-11(15-16-12)10-6-5-8-3-1-2-4-9(8)7-10/h1-7H,(H2,13,14,15). The number of rotatable bonds is 1. The van der Waals surface area contributed by atoms with Crippen molar-refractivity contribution >= 4 is 27.4 Å². The molecule has 0 saturated carbocycles. The molecule has 0 amide bonds. The van der Waals surface area contributed by atoms with Crippen molar-refractivity contribution in [2.75, 3.05) is 5.73 Å². The van der Waals surface area contributed by atoms with Crippen LogP contribution in [0.4, 0.5) is 5.13 Å². The molecule has 2 aromatic carbocycles. The van der Waals surface area contributed by atoms with Crippen LogP contribution in [0.3, 0.4) is 0 Å². The van der Waals surface area contributed by atoms with Crippen molar-refractivity contribution in [1.29, 1.82) is 0 Å². The fourth-order valence-corrected chi connectivity index (χ4v) is 2.13. The van der Waals surface area contributed by atoms with Crippen molar-refractivity contribution < 1.29 is 0 Å². The van der Waals surface area contributed by atoms with Gasteiger partial charge < -0.3 is 5.73 Å². The van der Waals surface area contributed by atoms with Gasteiger partial charge >= 0.3 is 0 Å². The number of nitrogen functional groups attached to an aromatic ring is 1. The Labute approximate surface area is 96.7 Å². The molecule has 2 N–H and O–H groups in total. The molecule has 0 aliphatic rings. The Morgan fingerprint density at radius 1 is 1.00 bits per heavy atom. The van der Waals surface area contributed by atoms with Crippen molar-refractivity contribution in [3.8, 4) is 11.4 Å². The highest BCUT2D eigenvalue weighted by atomic mass is 32.1. The van der Waals surface area contributed by atoms with Crippen molar-refractivity contribution in [1.82, 2.24) is 9.36 Å². The van der Waals surface area contributed by atoms with Crippen LogP contribution >= 0.6 is 11.5 Å². The Morgan fingerprint density at radius 3 is 2.56 bits per heavy atom. The van der Waals surface area contributed by atoms with E-state index in [0.717, 1.165) is 5.56 Å². The molecular formula is C12H9N3S. The van der Waals surface area contributed by atoms with Crippen molar-refractivity contribution in [3.63, 3.8) is 0 Å². The Bertz CT molecular complexity index is 645. The van der Waals surface area contributed by atoms with Crippen LogP contribution in [-0.2, 0) is 0 Å². The van der Waals surface area contributed by atoms with E-state index in [1.54, 1.807) is 0 Å². The van der Waals surface area contributed by atoms with E-state index in [-0.39, 0.29) is 0 Å². The first kappa shape index (κ1) is 9.30. The van der Waals surface area contributed by atoms with E-state index in [4.69, 9.17) is 5.73 Å². The van der Waals surface area contributed by atoms with E-state index < -0.39 is 0 Å². The molecule has 0 aliphatic heterocycles. The maximum absolute atomic E-state index is 5.57. The first-order valence-electron chi connectivity index (χ1n) is 4.91. The minimum atomic E-state index is 0.503. The van der Waals surface area contributed by atoms with Gasteiger partial charge in [-0.2, -0.15) is 9.36 Å². The van der Waals surface area contributed by atoms with Gasteiger partial charge in [-0.3, -0.25) is 0 Å². The third-order valence-corrected chi connectivity index (χ3v) is 2.99. The number of nitrogens with two attached hydrogens (primary N) is 1. The Kier molecular flexibility index (Phi) is 2.08. The second-order valence-corrected chi connectivity index (χ2v) is 4.30. The van der Waals surface area contributed by atoms with Crippen LogP contribution in [0.5, 0.6) is 0 Å². The summed E-state index contributed by atoms with van der Waals surface area (Å²) in [6, 6.07) is 14.4. The van der Waals surface area contributed by atoms with Gasteiger partial charge in [0.05, 0.1) is 0 Å². The van der Waals surface area contributed by atoms with E-state index >= 15 is 0 Å². The molecule has 0 spiro atoms. The van der Waals surface area contributed by atoms with Crippen LogP contribution in [0.15, 0.2) is 42.5 Å². The summed E-state index contributed by atoms with van der Waals surface area (Å²) in [6.07, 6.45) is 0. The molecule has 3 aromatic rings. The number of nitrogens with zero attached hydrogens (tertiary/aromatic N) is 2. The lowest BCUT2D eigenvalue weighted by molar-refractivity contribution is 1.33. The smallest absolute Gasteiger partial charge is 0.200 e. The number of anilines is 1. The summed E-state index contributed by atoms with van der Waals surface area (Å²) in [6.45, 7) is 0. The van der Waals surface area contributed by atoms with E-state index in [0.29, 0.717) is 11.0 Å². The third-order valence-electron chi connectivity index (χ3n) is 2.45. The number of hydrogen-bond acceptors (Lipinski definition) is 4. The van der Waals surface area contributed by atoms with Crippen LogP contribution in [0.1, 0.15) is 0 Å². The molecule has 4 heteroatoms. The topological polar surface area (TPSA) is 51.8 Å². The zero-order chi connectivity index (χ0) is 11.0. The largest absolute Gasteiger partial charge is 0.374 e. The van der Waals surface area contributed by atoms with E-state index in [1.807, 2.05) is 18.2 Å². The van der Waals surface area contributed by atoms with Crippen LogP contribution in [0, 0.1) is 0 Å². The highest BCUT2D eigenvalue weighted by Gasteiger charge is 2.04. The summed E-state index contributed by atoms with van der Waals surface area (Å²) in [5.74, 6) is 0.702. The quantitative estimate of drug-likeness (QED) is 0.695. The molecule has 0 fully saturated rings. The Morgan fingerprint density at radius 2 is 1.81 bits per heavy atom. The first-order valence-corrected chi connectivity index (χ1v) is 5.68. The second kappa shape index (κ2) is 3.57. The molecule has 0 unspecified atom stereocenters. The molecule has 0 aliphatic carbocycles. The summed E-state index contributed by atoms with van der Waals surface area (Å²) in [4.78, 5) is 4.17. The zero-order valence-electron chi connectivity index (χ0n) is 8.42. The average Bonchev–Trinajstić information content (AvgIpc) is 2.75. The number of fused-ring (bicyclic) bond motifs is 1. The predicted octanol–water partition coefficient (Wildman–Crippen LogP) is 2.94. The number of benzene rings is 2. The lowest BCUT2D eigenvalue weighted by Gasteiger charge is -1.99. The monoisotopic (exact) mass is 227 g/mol. The molecule has 0 saturated heterocycles. The van der Waals surface area contributed by atoms with E-state index in [2.05, 4.69) is 33.6 Å². The fourth-order valence-electron chi connectivity index (χ4n) is 1.68. The van der Waals surface area contributed by atoms with Gasteiger partial charge in [-0.05, 0) is 16.8 Å². The molecular weight excluding hydrogens is 218 g/mol. The summed E-state index contributed by atoms with van der Waals surface area (Å²) in [7, 11) is 0. The molecule has 1 heterocycles. The number of hydrogen-bond donors (Lipinski definition) is 1. The van der Waals surface area contributed by atoms with Crippen LogP contribution in [0.25, 0.3) is 22.2 Å². The SMILES string of the molecule is Nc1nc(-c2ccc3ccccc3c2)ns1. The Balaban J connectivity index is 2.18. The maximum Gasteiger partial charge on any atom is 0.200 e. The summed E-state index contributed by atoms with van der Waals surface area (Å²) < 4.78 is 4.20. The molecule has 78 valence electrons. The van der Waals surface area contributed by atoms with E-state index in [1.165, 1.54) is 22.3 Å². The van der Waals surface area contributed by atoms with Gasteiger partial charge in [0.15, 0.2) is 11.0 Å². The molecule has 0 radical (unpaired) electrons. The molecule has 0 atom stereocenters. The van der Waals surface area contributed by atoms with Crippen LogP contribution in [-0.4, -0.2) is 9.36 Å². The number of aromatic nitrogens is 2. The molecule has 1 aromatic heterocycles. The van der Waals surface area contributed by atoms with E-state index in [9.17, 15) is 0 Å². The minimum Gasteiger partial charge on any atom is -0.374 e. The normalized spacial score (nSPS) is 10.8. The lowest BCUT2D eigenvalue weighted by Crippen LogP contribution is -1.84. The van der Waals surface area contributed by atoms with Crippen LogP contribution < -0.4 is 5.73 Å². The summed E-state index contributed by atoms with van der Waals surface area (Å²) in [5.41, 5.74) is 6.58. The predicted molar refractivity (Wildman–Crippen MR) is 67.3 cm³/mol. The Hall–Kier alpha value is -1.94. The van der Waals surface area contributed by atoms with Gasteiger partial charge in [-0.15, -0.1) is 0 Å². The van der Waals surface area contributed by atoms with Crippen LogP contribution in [0.2, 0.25) is 0 Å². The van der Waals surface area contributed by atoms with Gasteiger partial charge in [0, 0.05) is 17.1 Å². The van der Waals surface area contributed by atoms with Gasteiger partial charge in [-0.25, -0.2) is 0 Å². The van der Waals surface area contributed by atoms with Gasteiger partial charge in [0.1, 0.15) is 0 Å². The highest BCUT2D eigenvalue weighted by molar-refractivity contribution is 7.09. The average molecular weight is 227 g/mol. The maximum atomic E-state index is 5.57. The molecule has 3 rings (SSSR count). The third kappa shape index (κ3) is 1.53. The fraction of sp³-hybridized carbons (Fsp3) is 0. The minimum absolute atomic E-state index is 0.503.